The van der Waals surface area contributed by atoms with Crippen molar-refractivity contribution in [2.24, 2.45) is 0 Å². The molecule has 272 valence electrons. The summed E-state index contributed by atoms with van der Waals surface area (Å²) in [4.78, 5) is 48.4. The minimum atomic E-state index is -3.65. The summed E-state index contributed by atoms with van der Waals surface area (Å²) < 4.78 is 33.6. The third-order valence-electron chi connectivity index (χ3n) is 9.22. The summed E-state index contributed by atoms with van der Waals surface area (Å²) in [5.41, 5.74) is 4.66. The Bertz CT molecular complexity index is 2090. The fourth-order valence-electron chi connectivity index (χ4n) is 6.96. The molecule has 3 aromatic carbocycles. The van der Waals surface area contributed by atoms with Crippen molar-refractivity contribution < 1.29 is 37.1 Å². The first-order valence-electron chi connectivity index (χ1n) is 16.6. The lowest BCUT2D eigenvalue weighted by molar-refractivity contribution is -0.617. The van der Waals surface area contributed by atoms with E-state index in [1.165, 1.54) is 24.4 Å². The van der Waals surface area contributed by atoms with Crippen LogP contribution >= 0.6 is 23.2 Å². The molecule has 0 unspecified atom stereocenters. The van der Waals surface area contributed by atoms with E-state index in [9.17, 15) is 28.0 Å². The fraction of sp³-hybridized carbons (Fsp3) is 0.297. The Labute approximate surface area is 311 Å². The normalized spacial score (nSPS) is 20.2. The molecule has 0 saturated heterocycles. The number of hydrogen-bond donors (Lipinski definition) is 2. The Kier molecular flexibility index (Phi) is 11.5. The summed E-state index contributed by atoms with van der Waals surface area (Å²) in [5.74, 6) is -2.60. The van der Waals surface area contributed by atoms with E-state index in [1.54, 1.807) is 71.6 Å². The molecular weight excluding hydrogens is 731 g/mol. The van der Waals surface area contributed by atoms with Gasteiger partial charge in [-0.1, -0.05) is 78.5 Å². The number of fused-ring (bicyclic) bond motifs is 1. The highest BCUT2D eigenvalue weighted by atomic mass is 35.5. The van der Waals surface area contributed by atoms with Crippen LogP contribution in [-0.4, -0.2) is 49.4 Å². The van der Waals surface area contributed by atoms with E-state index >= 15 is 0 Å². The minimum absolute atomic E-state index is 0.101. The number of aromatic nitrogens is 1. The number of carbonyl (C=O) groups excluding carboxylic acids is 3. The lowest BCUT2D eigenvalue weighted by Gasteiger charge is -2.49. The Morgan fingerprint density at radius 2 is 1.67 bits per heavy atom. The number of sulfonamides is 1. The molecule has 1 aromatic heterocycles. The van der Waals surface area contributed by atoms with Crippen LogP contribution in [0.4, 0.5) is 0 Å². The van der Waals surface area contributed by atoms with Gasteiger partial charge in [-0.3, -0.25) is 14.4 Å². The topological polar surface area (TPSA) is 158 Å². The number of carbonyl (C=O) groups is 3. The van der Waals surface area contributed by atoms with Crippen LogP contribution in [0.2, 0.25) is 10.0 Å². The predicted molar refractivity (Wildman–Crippen MR) is 192 cm³/mol. The number of esters is 1. The summed E-state index contributed by atoms with van der Waals surface area (Å²) >= 11 is 13.1. The summed E-state index contributed by atoms with van der Waals surface area (Å²) in [7, 11) is -3.65. The third kappa shape index (κ3) is 8.40. The highest BCUT2D eigenvalue weighted by molar-refractivity contribution is 7.88. The summed E-state index contributed by atoms with van der Waals surface area (Å²) in [6.45, 7) is -0.446. The van der Waals surface area contributed by atoms with Crippen LogP contribution in [0.15, 0.2) is 91.1 Å². The van der Waals surface area contributed by atoms with Gasteiger partial charge in [-0.05, 0) is 54.3 Å². The van der Waals surface area contributed by atoms with Crippen LogP contribution < -0.4 is 14.9 Å². The monoisotopic (exact) mass is 766 g/mol. The second-order valence-corrected chi connectivity index (χ2v) is 15.4. The SMILES string of the molecule is CS(=O)(=O)N[C@H]1CCCC[C@@H]1N1C(=O)c2ccccc2[C@@H](C(=O)NOCc2cc(COC(=O)c3ccccc3)cc[n+]2[O-])[C@@H]1c1ccc(Cl)cc1Cl. The molecular formula is C37H36Cl2N4O8S. The number of pyridine rings is 1. The van der Waals surface area contributed by atoms with Crippen molar-refractivity contribution in [3.05, 3.63) is 140 Å². The number of nitrogens with one attached hydrogen (secondary N) is 2. The van der Waals surface area contributed by atoms with Crippen LogP contribution in [0.3, 0.4) is 0 Å². The zero-order valence-corrected chi connectivity index (χ0v) is 30.4. The Hall–Kier alpha value is -4.53. The second kappa shape index (κ2) is 16.0. The van der Waals surface area contributed by atoms with Gasteiger partial charge in [0.15, 0.2) is 12.8 Å². The molecule has 2 N–H and O–H groups in total. The Balaban J connectivity index is 1.29. The van der Waals surface area contributed by atoms with E-state index in [0.717, 1.165) is 19.1 Å². The van der Waals surface area contributed by atoms with Gasteiger partial charge < -0.3 is 14.8 Å². The molecule has 0 bridgehead atoms. The molecule has 2 amide bonds. The summed E-state index contributed by atoms with van der Waals surface area (Å²) in [6, 6.07) is 20.8. The average Bonchev–Trinajstić information content (AvgIpc) is 3.12. The number of rotatable bonds is 11. The van der Waals surface area contributed by atoms with Gasteiger partial charge >= 0.3 is 5.97 Å². The highest BCUT2D eigenvalue weighted by Crippen LogP contribution is 2.48. The van der Waals surface area contributed by atoms with E-state index in [4.69, 9.17) is 32.8 Å². The molecule has 0 spiro atoms. The van der Waals surface area contributed by atoms with Crippen LogP contribution in [-0.2, 0) is 37.6 Å². The highest BCUT2D eigenvalue weighted by Gasteiger charge is 2.49. The van der Waals surface area contributed by atoms with E-state index in [0.29, 0.717) is 44.8 Å². The Morgan fingerprint density at radius 3 is 2.42 bits per heavy atom. The van der Waals surface area contributed by atoms with Gasteiger partial charge in [-0.25, -0.2) is 23.4 Å². The van der Waals surface area contributed by atoms with E-state index in [-0.39, 0.29) is 35.4 Å². The quantitative estimate of drug-likeness (QED) is 0.0893. The maximum Gasteiger partial charge on any atom is 0.338 e. The average molecular weight is 768 g/mol. The number of hydrogen-bond acceptors (Lipinski definition) is 8. The van der Waals surface area contributed by atoms with Crippen molar-refractivity contribution in [2.75, 3.05) is 6.26 Å². The molecule has 1 saturated carbocycles. The molecule has 6 rings (SSSR count). The van der Waals surface area contributed by atoms with Crippen LogP contribution in [0.25, 0.3) is 0 Å². The lowest BCUT2D eigenvalue weighted by atomic mass is 9.76. The van der Waals surface area contributed by atoms with Gasteiger partial charge in [0.1, 0.15) is 6.61 Å². The second-order valence-electron chi connectivity index (χ2n) is 12.8. The standard InChI is InChI=1S/C37H36Cl2N4O8S/c1-52(48,49)41-31-13-7-8-14-32(31)43-34(29-16-15-25(38)20-30(29)39)33(27-11-5-6-12-28(27)36(43)45)35(44)40-51-22-26-19-23(17-18-42(26)47)21-50-37(46)24-9-3-2-4-10-24/h2-6,9-12,15-20,31-34,41H,7-8,13-14,21-22H2,1H3,(H,40,44)/t31-,32-,33+,34-/m0/s1. The minimum Gasteiger partial charge on any atom is -0.618 e. The zero-order chi connectivity index (χ0) is 37.0. The number of amides is 2. The van der Waals surface area contributed by atoms with Crippen molar-refractivity contribution in [2.45, 2.75) is 62.9 Å². The fourth-order valence-corrected chi connectivity index (χ4v) is 8.30. The van der Waals surface area contributed by atoms with Gasteiger partial charge in [0.05, 0.1) is 23.8 Å². The smallest absolute Gasteiger partial charge is 0.338 e. The van der Waals surface area contributed by atoms with Crippen LogP contribution in [0, 0.1) is 5.21 Å². The number of nitrogens with zero attached hydrogens (tertiary/aromatic N) is 2. The van der Waals surface area contributed by atoms with Crippen molar-refractivity contribution in [3.8, 4) is 0 Å². The molecule has 0 radical (unpaired) electrons. The van der Waals surface area contributed by atoms with Crippen molar-refractivity contribution in [3.63, 3.8) is 0 Å². The molecule has 1 aliphatic heterocycles. The van der Waals surface area contributed by atoms with E-state index in [2.05, 4.69) is 10.2 Å². The lowest BCUT2D eigenvalue weighted by Crippen LogP contribution is -2.59. The van der Waals surface area contributed by atoms with Crippen molar-refractivity contribution in [1.82, 2.24) is 15.1 Å². The largest absolute Gasteiger partial charge is 0.618 e. The maximum absolute atomic E-state index is 14.4. The van der Waals surface area contributed by atoms with Gasteiger partial charge in [-0.15, -0.1) is 0 Å². The number of benzene rings is 3. The molecule has 4 atom stereocenters. The predicted octanol–water partition coefficient (Wildman–Crippen LogP) is 5.37. The molecule has 12 nitrogen and oxygen atoms in total. The summed E-state index contributed by atoms with van der Waals surface area (Å²) in [5, 5.41) is 13.2. The molecule has 52 heavy (non-hydrogen) atoms. The first kappa shape index (κ1) is 37.2. The number of hydroxylamine groups is 1. The van der Waals surface area contributed by atoms with E-state index < -0.39 is 45.9 Å². The molecule has 2 heterocycles. The molecule has 1 aliphatic carbocycles. The molecule has 4 aromatic rings. The van der Waals surface area contributed by atoms with Crippen LogP contribution in [0.1, 0.15) is 80.7 Å². The maximum atomic E-state index is 14.4. The van der Waals surface area contributed by atoms with Crippen LogP contribution in [0.5, 0.6) is 0 Å². The van der Waals surface area contributed by atoms with Crippen molar-refractivity contribution in [1.29, 1.82) is 0 Å². The number of ether oxygens (including phenoxy) is 1. The zero-order valence-electron chi connectivity index (χ0n) is 28.0. The first-order chi connectivity index (χ1) is 24.9. The van der Waals surface area contributed by atoms with E-state index in [1.807, 2.05) is 0 Å². The molecule has 1 fully saturated rings. The van der Waals surface area contributed by atoms with Gasteiger partial charge in [0.2, 0.25) is 15.7 Å². The van der Waals surface area contributed by atoms with Gasteiger partial charge in [0.25, 0.3) is 11.8 Å². The number of halogens is 2. The molecule has 2 aliphatic rings. The van der Waals surface area contributed by atoms with Crippen molar-refractivity contribution >= 4 is 51.0 Å². The van der Waals surface area contributed by atoms with Gasteiger partial charge in [0, 0.05) is 45.4 Å². The first-order valence-corrected chi connectivity index (χ1v) is 19.2. The Morgan fingerprint density at radius 1 is 0.942 bits per heavy atom. The third-order valence-corrected chi connectivity index (χ3v) is 10.5. The summed E-state index contributed by atoms with van der Waals surface area (Å²) in [6.07, 6.45) is 4.78. The van der Waals surface area contributed by atoms with Gasteiger partial charge in [-0.2, -0.15) is 4.73 Å². The molecule has 15 heteroatoms.